The fourth-order valence-electron chi connectivity index (χ4n) is 2.49. The van der Waals surface area contributed by atoms with Crippen LogP contribution in [0.5, 0.6) is 11.5 Å². The molecule has 0 unspecified atom stereocenters. The van der Waals surface area contributed by atoms with Crippen LogP contribution in [0.1, 0.15) is 13.8 Å². The van der Waals surface area contributed by atoms with Gasteiger partial charge in [-0.1, -0.05) is 19.1 Å². The lowest BCUT2D eigenvalue weighted by Crippen LogP contribution is -2.37. The highest BCUT2D eigenvalue weighted by atomic mass is 32.2. The summed E-state index contributed by atoms with van der Waals surface area (Å²) in [6, 6.07) is 13.1. The summed E-state index contributed by atoms with van der Waals surface area (Å²) in [5.74, 6) is 0.646. The maximum Gasteiger partial charge on any atom is 0.243 e. The average molecular weight is 392 g/mol. The first kappa shape index (κ1) is 20.7. The molecule has 0 aromatic heterocycles. The van der Waals surface area contributed by atoms with E-state index in [0.717, 1.165) is 4.31 Å². The van der Waals surface area contributed by atoms with Gasteiger partial charge >= 0.3 is 0 Å². The second-order valence-electron chi connectivity index (χ2n) is 5.58. The highest BCUT2D eigenvalue weighted by molar-refractivity contribution is 7.89. The molecule has 0 spiro atoms. The van der Waals surface area contributed by atoms with E-state index >= 15 is 0 Å². The first-order valence-electron chi connectivity index (χ1n) is 8.58. The highest BCUT2D eigenvalue weighted by Gasteiger charge is 2.25. The van der Waals surface area contributed by atoms with E-state index in [1.165, 1.54) is 19.2 Å². The van der Waals surface area contributed by atoms with E-state index in [1.54, 1.807) is 43.3 Å². The second-order valence-corrected chi connectivity index (χ2v) is 7.52. The Morgan fingerprint density at radius 2 is 1.74 bits per heavy atom. The van der Waals surface area contributed by atoms with Gasteiger partial charge in [0.05, 0.1) is 30.8 Å². The Hall–Kier alpha value is -2.58. The number of amides is 1. The zero-order valence-electron chi connectivity index (χ0n) is 15.6. The standard InChI is InChI=1S/C19H24N2O5S/c1-4-21(14-19(22)20-17-8-6-7-9-18(17)25-3)27(23,24)16-12-10-15(11-13-16)26-5-2/h6-13H,4-5,14H2,1-3H3,(H,20,22). The summed E-state index contributed by atoms with van der Waals surface area (Å²) in [5, 5.41) is 2.69. The van der Waals surface area contributed by atoms with Gasteiger partial charge in [-0.05, 0) is 43.3 Å². The first-order chi connectivity index (χ1) is 12.9. The van der Waals surface area contributed by atoms with Gasteiger partial charge < -0.3 is 14.8 Å². The molecular weight excluding hydrogens is 368 g/mol. The molecule has 7 nitrogen and oxygen atoms in total. The van der Waals surface area contributed by atoms with Gasteiger partial charge in [0.25, 0.3) is 0 Å². The molecule has 0 aliphatic rings. The Kier molecular flexibility index (Phi) is 7.20. The molecule has 0 heterocycles. The average Bonchev–Trinajstić information content (AvgIpc) is 2.67. The monoisotopic (exact) mass is 392 g/mol. The quantitative estimate of drug-likeness (QED) is 0.709. The minimum atomic E-state index is -3.80. The smallest absolute Gasteiger partial charge is 0.243 e. The molecule has 27 heavy (non-hydrogen) atoms. The Bertz CT molecular complexity index is 866. The Morgan fingerprint density at radius 1 is 1.07 bits per heavy atom. The summed E-state index contributed by atoms with van der Waals surface area (Å²) in [4.78, 5) is 12.5. The lowest BCUT2D eigenvalue weighted by Gasteiger charge is -2.20. The summed E-state index contributed by atoms with van der Waals surface area (Å²) < 4.78 is 37.3. The minimum absolute atomic E-state index is 0.109. The SMILES string of the molecule is CCOc1ccc(S(=O)(=O)N(CC)CC(=O)Nc2ccccc2OC)cc1. The second kappa shape index (κ2) is 9.38. The summed E-state index contributed by atoms with van der Waals surface area (Å²) in [6.45, 7) is 3.89. The van der Waals surface area contributed by atoms with Crippen LogP contribution in [0.25, 0.3) is 0 Å². The molecule has 1 N–H and O–H groups in total. The number of hydrogen-bond donors (Lipinski definition) is 1. The van der Waals surface area contributed by atoms with Crippen molar-refractivity contribution < 1.29 is 22.7 Å². The van der Waals surface area contributed by atoms with Gasteiger partial charge in [-0.2, -0.15) is 4.31 Å². The Balaban J connectivity index is 2.13. The van der Waals surface area contributed by atoms with Gasteiger partial charge in [0, 0.05) is 6.54 Å². The first-order valence-corrected chi connectivity index (χ1v) is 10.0. The molecule has 0 bridgehead atoms. The van der Waals surface area contributed by atoms with E-state index in [-0.39, 0.29) is 18.0 Å². The van der Waals surface area contributed by atoms with Crippen LogP contribution in [0.3, 0.4) is 0 Å². The molecule has 2 rings (SSSR count). The number of rotatable bonds is 9. The van der Waals surface area contributed by atoms with Crippen LogP contribution in [0.2, 0.25) is 0 Å². The normalized spacial score (nSPS) is 11.3. The van der Waals surface area contributed by atoms with Crippen molar-refractivity contribution in [3.8, 4) is 11.5 Å². The molecule has 0 aliphatic heterocycles. The molecule has 2 aromatic carbocycles. The van der Waals surface area contributed by atoms with Crippen LogP contribution in [0.15, 0.2) is 53.4 Å². The zero-order valence-corrected chi connectivity index (χ0v) is 16.5. The van der Waals surface area contributed by atoms with Crippen molar-refractivity contribution in [2.45, 2.75) is 18.7 Å². The number of likely N-dealkylation sites (N-methyl/N-ethyl adjacent to an activating group) is 1. The topological polar surface area (TPSA) is 84.9 Å². The number of sulfonamides is 1. The van der Waals surface area contributed by atoms with Crippen LogP contribution in [-0.4, -0.2) is 45.4 Å². The van der Waals surface area contributed by atoms with Crippen molar-refractivity contribution in [2.24, 2.45) is 0 Å². The van der Waals surface area contributed by atoms with E-state index in [9.17, 15) is 13.2 Å². The maximum atomic E-state index is 12.8. The van der Waals surface area contributed by atoms with Gasteiger partial charge in [-0.25, -0.2) is 8.42 Å². The third-order valence-electron chi connectivity index (χ3n) is 3.83. The third kappa shape index (κ3) is 5.21. The van der Waals surface area contributed by atoms with Crippen molar-refractivity contribution in [2.75, 3.05) is 32.1 Å². The molecule has 0 saturated heterocycles. The molecule has 1 amide bonds. The molecule has 0 aliphatic carbocycles. The van der Waals surface area contributed by atoms with Crippen molar-refractivity contribution in [1.82, 2.24) is 4.31 Å². The largest absolute Gasteiger partial charge is 0.495 e. The molecule has 0 saturated carbocycles. The van der Waals surface area contributed by atoms with Gasteiger partial charge in [-0.15, -0.1) is 0 Å². The third-order valence-corrected chi connectivity index (χ3v) is 5.76. The van der Waals surface area contributed by atoms with Crippen molar-refractivity contribution >= 4 is 21.6 Å². The molecule has 2 aromatic rings. The molecule has 8 heteroatoms. The van der Waals surface area contributed by atoms with E-state index in [0.29, 0.717) is 23.8 Å². The van der Waals surface area contributed by atoms with Crippen molar-refractivity contribution in [1.29, 1.82) is 0 Å². The number of nitrogens with zero attached hydrogens (tertiary/aromatic N) is 1. The van der Waals surface area contributed by atoms with Crippen LogP contribution in [-0.2, 0) is 14.8 Å². The molecule has 146 valence electrons. The number of carbonyl (C=O) groups excluding carboxylic acids is 1. The fourth-order valence-corrected chi connectivity index (χ4v) is 3.89. The number of methoxy groups -OCH3 is 1. The number of anilines is 1. The fraction of sp³-hybridized carbons (Fsp3) is 0.316. The predicted octanol–water partition coefficient (Wildman–Crippen LogP) is 2.74. The van der Waals surface area contributed by atoms with Gasteiger partial charge in [0.2, 0.25) is 15.9 Å². The number of hydrogen-bond acceptors (Lipinski definition) is 5. The summed E-state index contributed by atoms with van der Waals surface area (Å²) >= 11 is 0. The zero-order chi connectivity index (χ0) is 19.9. The number of para-hydroxylation sites is 2. The van der Waals surface area contributed by atoms with Crippen LogP contribution in [0, 0.1) is 0 Å². The number of ether oxygens (including phenoxy) is 2. The van der Waals surface area contributed by atoms with E-state index in [2.05, 4.69) is 5.32 Å². The van der Waals surface area contributed by atoms with Crippen LogP contribution >= 0.6 is 0 Å². The molecule has 0 radical (unpaired) electrons. The van der Waals surface area contributed by atoms with E-state index in [1.807, 2.05) is 6.92 Å². The van der Waals surface area contributed by atoms with Crippen LogP contribution in [0.4, 0.5) is 5.69 Å². The van der Waals surface area contributed by atoms with Crippen LogP contribution < -0.4 is 14.8 Å². The van der Waals surface area contributed by atoms with Gasteiger partial charge in [0.1, 0.15) is 11.5 Å². The summed E-state index contributed by atoms with van der Waals surface area (Å²) in [5.41, 5.74) is 0.486. The lowest BCUT2D eigenvalue weighted by atomic mass is 10.3. The van der Waals surface area contributed by atoms with E-state index in [4.69, 9.17) is 9.47 Å². The predicted molar refractivity (Wildman–Crippen MR) is 104 cm³/mol. The number of benzene rings is 2. The number of carbonyl (C=O) groups is 1. The summed E-state index contributed by atoms with van der Waals surface area (Å²) in [7, 11) is -2.30. The van der Waals surface area contributed by atoms with Crippen molar-refractivity contribution in [3.63, 3.8) is 0 Å². The molecule has 0 fully saturated rings. The van der Waals surface area contributed by atoms with Crippen molar-refractivity contribution in [3.05, 3.63) is 48.5 Å². The Morgan fingerprint density at radius 3 is 2.33 bits per heavy atom. The minimum Gasteiger partial charge on any atom is -0.495 e. The highest BCUT2D eigenvalue weighted by Crippen LogP contribution is 2.23. The van der Waals surface area contributed by atoms with Gasteiger partial charge in [-0.3, -0.25) is 4.79 Å². The lowest BCUT2D eigenvalue weighted by molar-refractivity contribution is -0.116. The maximum absolute atomic E-state index is 12.8. The summed E-state index contributed by atoms with van der Waals surface area (Å²) in [6.07, 6.45) is 0. The molecule has 0 atom stereocenters. The van der Waals surface area contributed by atoms with Gasteiger partial charge in [0.15, 0.2) is 0 Å². The number of nitrogens with one attached hydrogen (secondary N) is 1. The Labute approximate surface area is 160 Å². The van der Waals surface area contributed by atoms with E-state index < -0.39 is 15.9 Å². The molecular formula is C19H24N2O5S.